The molecule has 0 fully saturated rings. The van der Waals surface area contributed by atoms with E-state index < -0.39 is 0 Å². The van der Waals surface area contributed by atoms with Crippen LogP contribution in [0.25, 0.3) is 34.9 Å². The molecule has 0 spiro atoms. The number of hydrogen-bond acceptors (Lipinski definition) is 1. The van der Waals surface area contributed by atoms with Gasteiger partial charge in [0.25, 0.3) is 0 Å². The molecule has 0 aliphatic carbocycles. The fourth-order valence-corrected chi connectivity index (χ4v) is 8.07. The highest BCUT2D eigenvalue weighted by molar-refractivity contribution is 5.92. The molecule has 1 heteroatoms. The minimum atomic E-state index is 1.08. The van der Waals surface area contributed by atoms with Crippen LogP contribution >= 0.6 is 0 Å². The average molecular weight is 832 g/mol. The maximum absolute atomic E-state index is 2.33. The van der Waals surface area contributed by atoms with Crippen LogP contribution in [0.1, 0.15) is 50.1 Å². The molecule has 9 aromatic rings. The SMILES string of the molecule is C(=Cc1ccc(N(c2ccc(C=CC=C(c3ccccc3)c3ccccc3)cc2)c2ccc(C=C(c3ccccc3)c3ccccc3)cc2)cc1)C=C(c1ccccc1)c1ccccc1. The summed E-state index contributed by atoms with van der Waals surface area (Å²) in [6.45, 7) is 0. The Kier molecular flexibility index (Phi) is 13.5. The van der Waals surface area contributed by atoms with E-state index in [9.17, 15) is 0 Å². The van der Waals surface area contributed by atoms with Gasteiger partial charge in [0.1, 0.15) is 0 Å². The van der Waals surface area contributed by atoms with Gasteiger partial charge < -0.3 is 4.90 Å². The molecule has 9 rings (SSSR count). The predicted molar refractivity (Wildman–Crippen MR) is 279 cm³/mol. The number of nitrogens with zero attached hydrogens (tertiary/aromatic N) is 1. The van der Waals surface area contributed by atoms with Gasteiger partial charge in [-0.2, -0.15) is 0 Å². The zero-order valence-corrected chi connectivity index (χ0v) is 36.2. The van der Waals surface area contributed by atoms with Gasteiger partial charge in [0.15, 0.2) is 0 Å². The molecule has 65 heavy (non-hydrogen) atoms. The zero-order chi connectivity index (χ0) is 43.9. The fraction of sp³-hybridized carbons (Fsp3) is 0. The summed E-state index contributed by atoms with van der Waals surface area (Å²) in [5, 5.41) is 0. The van der Waals surface area contributed by atoms with Crippen molar-refractivity contribution in [1.82, 2.24) is 0 Å². The molecule has 0 N–H and O–H groups in total. The monoisotopic (exact) mass is 831 g/mol. The summed E-state index contributed by atoms with van der Waals surface area (Å²) < 4.78 is 0. The Morgan fingerprint density at radius 3 is 0.769 bits per heavy atom. The molecule has 0 aliphatic heterocycles. The van der Waals surface area contributed by atoms with Crippen molar-refractivity contribution in [3.63, 3.8) is 0 Å². The average Bonchev–Trinajstić information content (AvgIpc) is 3.39. The smallest absolute Gasteiger partial charge is 0.0462 e. The van der Waals surface area contributed by atoms with E-state index in [0.29, 0.717) is 0 Å². The topological polar surface area (TPSA) is 3.24 Å². The van der Waals surface area contributed by atoms with E-state index in [1.807, 2.05) is 0 Å². The van der Waals surface area contributed by atoms with Crippen molar-refractivity contribution in [2.45, 2.75) is 0 Å². The van der Waals surface area contributed by atoms with Crippen LogP contribution in [0, 0.1) is 0 Å². The highest BCUT2D eigenvalue weighted by Crippen LogP contribution is 2.36. The predicted octanol–water partition coefficient (Wildman–Crippen LogP) is 17.0. The van der Waals surface area contributed by atoms with Crippen molar-refractivity contribution in [1.29, 1.82) is 0 Å². The Hall–Kier alpha value is -8.52. The van der Waals surface area contributed by atoms with Gasteiger partial charge in [-0.25, -0.2) is 0 Å². The maximum atomic E-state index is 2.33. The third-order valence-electron chi connectivity index (χ3n) is 11.4. The largest absolute Gasteiger partial charge is 0.311 e. The Balaban J connectivity index is 1.03. The lowest BCUT2D eigenvalue weighted by molar-refractivity contribution is 1.28. The minimum Gasteiger partial charge on any atom is -0.311 e. The third kappa shape index (κ3) is 10.8. The summed E-state index contributed by atoms with van der Waals surface area (Å²) >= 11 is 0. The Morgan fingerprint density at radius 2 is 0.492 bits per heavy atom. The van der Waals surface area contributed by atoms with Gasteiger partial charge in [-0.15, -0.1) is 0 Å². The summed E-state index contributed by atoms with van der Waals surface area (Å²) in [5.41, 5.74) is 17.3. The highest BCUT2D eigenvalue weighted by atomic mass is 15.1. The molecule has 0 saturated heterocycles. The van der Waals surface area contributed by atoms with Crippen molar-refractivity contribution in [3.05, 3.63) is 329 Å². The standard InChI is InChI=1S/C64H49N/c1-7-23-53(24-8-1)62(54-25-9-2-10-26-54)35-19-21-50-37-43-59(44-38-50)65(61-47-41-52(42-48-61)49-64(57-31-15-5-16-32-57)58-33-17-6-18-34-58)60-45-39-51(40-46-60)22-20-36-63(55-27-11-3-12-28-55)56-29-13-4-14-30-56/h1-49H. The van der Waals surface area contributed by atoms with Gasteiger partial charge >= 0.3 is 0 Å². The molecule has 0 heterocycles. The minimum absolute atomic E-state index is 1.08. The Labute approximate surface area is 384 Å². The second-order valence-electron chi connectivity index (χ2n) is 15.7. The fourth-order valence-electron chi connectivity index (χ4n) is 8.07. The molecule has 310 valence electrons. The molecular weight excluding hydrogens is 783 g/mol. The molecule has 1 nitrogen and oxygen atoms in total. The van der Waals surface area contributed by atoms with Crippen LogP contribution in [0.4, 0.5) is 17.1 Å². The van der Waals surface area contributed by atoms with Gasteiger partial charge in [0, 0.05) is 17.1 Å². The van der Waals surface area contributed by atoms with Crippen LogP contribution in [0.5, 0.6) is 0 Å². The molecule has 0 aromatic heterocycles. The van der Waals surface area contributed by atoms with Gasteiger partial charge in [-0.3, -0.25) is 0 Å². The number of anilines is 3. The van der Waals surface area contributed by atoms with Gasteiger partial charge in [0.05, 0.1) is 0 Å². The van der Waals surface area contributed by atoms with E-state index >= 15 is 0 Å². The number of allylic oxidation sites excluding steroid dienone is 4. The molecule has 0 radical (unpaired) electrons. The Morgan fingerprint density at radius 1 is 0.246 bits per heavy atom. The summed E-state index contributed by atoms with van der Waals surface area (Å²) in [4.78, 5) is 2.33. The van der Waals surface area contributed by atoms with E-state index in [1.165, 1.54) is 50.1 Å². The summed E-state index contributed by atoms with van der Waals surface area (Å²) in [6.07, 6.45) is 15.3. The Bertz CT molecular complexity index is 2770. The molecule has 0 unspecified atom stereocenters. The quantitative estimate of drug-likeness (QED) is 0.0779. The van der Waals surface area contributed by atoms with Crippen molar-refractivity contribution in [3.8, 4) is 0 Å². The van der Waals surface area contributed by atoms with Gasteiger partial charge in [-0.1, -0.05) is 255 Å². The van der Waals surface area contributed by atoms with Crippen molar-refractivity contribution in [2.24, 2.45) is 0 Å². The van der Waals surface area contributed by atoms with E-state index in [1.54, 1.807) is 0 Å². The van der Waals surface area contributed by atoms with Crippen LogP contribution in [-0.4, -0.2) is 0 Å². The lowest BCUT2D eigenvalue weighted by Crippen LogP contribution is -2.09. The normalized spacial score (nSPS) is 11.0. The van der Waals surface area contributed by atoms with E-state index in [0.717, 1.165) is 33.8 Å². The van der Waals surface area contributed by atoms with E-state index in [2.05, 4.69) is 302 Å². The zero-order valence-electron chi connectivity index (χ0n) is 36.2. The van der Waals surface area contributed by atoms with Crippen LogP contribution in [0.2, 0.25) is 0 Å². The highest BCUT2D eigenvalue weighted by Gasteiger charge is 2.13. The van der Waals surface area contributed by atoms with Gasteiger partial charge in [-0.05, 0) is 109 Å². The maximum Gasteiger partial charge on any atom is 0.0462 e. The number of benzene rings is 9. The summed E-state index contributed by atoms with van der Waals surface area (Å²) in [6, 6.07) is 90.0. The first-order valence-corrected chi connectivity index (χ1v) is 22.2. The molecule has 9 aromatic carbocycles. The van der Waals surface area contributed by atoms with Crippen LogP contribution in [0.3, 0.4) is 0 Å². The second-order valence-corrected chi connectivity index (χ2v) is 15.7. The first kappa shape index (κ1) is 41.8. The summed E-state index contributed by atoms with van der Waals surface area (Å²) in [5.74, 6) is 0. The van der Waals surface area contributed by atoms with E-state index in [4.69, 9.17) is 0 Å². The lowest BCUT2D eigenvalue weighted by Gasteiger charge is -2.26. The second kappa shape index (κ2) is 21.0. The van der Waals surface area contributed by atoms with Gasteiger partial charge in [0.2, 0.25) is 0 Å². The van der Waals surface area contributed by atoms with Crippen LogP contribution in [0.15, 0.2) is 279 Å². The molecular formula is C64H49N. The van der Waals surface area contributed by atoms with Crippen molar-refractivity contribution >= 4 is 52.0 Å². The number of hydrogen-bond donors (Lipinski definition) is 0. The third-order valence-corrected chi connectivity index (χ3v) is 11.4. The molecule has 0 atom stereocenters. The summed E-state index contributed by atoms with van der Waals surface area (Å²) in [7, 11) is 0. The van der Waals surface area contributed by atoms with Crippen LogP contribution in [-0.2, 0) is 0 Å². The van der Waals surface area contributed by atoms with Crippen molar-refractivity contribution in [2.75, 3.05) is 4.90 Å². The van der Waals surface area contributed by atoms with E-state index in [-0.39, 0.29) is 0 Å². The molecule has 0 bridgehead atoms. The first-order valence-electron chi connectivity index (χ1n) is 22.2. The van der Waals surface area contributed by atoms with Crippen LogP contribution < -0.4 is 4.90 Å². The van der Waals surface area contributed by atoms with Crippen molar-refractivity contribution < 1.29 is 0 Å². The molecule has 0 aliphatic rings. The molecule has 0 saturated carbocycles. The first-order chi connectivity index (χ1) is 32.2. The molecule has 0 amide bonds. The lowest BCUT2D eigenvalue weighted by atomic mass is 9.95. The number of rotatable bonds is 14.